The Kier molecular flexibility index (Phi) is 4.97. The molecule has 0 atom stereocenters. The van der Waals surface area contributed by atoms with Crippen LogP contribution in [0.25, 0.3) is 0 Å². The van der Waals surface area contributed by atoms with Gasteiger partial charge in [0.05, 0.1) is 23.4 Å². The first-order chi connectivity index (χ1) is 9.90. The van der Waals surface area contributed by atoms with E-state index in [1.165, 1.54) is 0 Å². The van der Waals surface area contributed by atoms with Crippen LogP contribution >= 0.6 is 11.3 Å². The molecule has 114 valence electrons. The van der Waals surface area contributed by atoms with E-state index in [0.717, 1.165) is 10.6 Å². The SMILES string of the molecule is Cc1ncsc1CNc1ccccc1S(=O)(=O)NC(C)C. The molecule has 0 saturated carbocycles. The van der Waals surface area contributed by atoms with Crippen LogP contribution in [0.1, 0.15) is 24.4 Å². The molecular weight excluding hydrogens is 306 g/mol. The molecule has 0 unspecified atom stereocenters. The Morgan fingerprint density at radius 1 is 1.29 bits per heavy atom. The lowest BCUT2D eigenvalue weighted by atomic mass is 10.3. The molecule has 21 heavy (non-hydrogen) atoms. The molecule has 0 saturated heterocycles. The van der Waals surface area contributed by atoms with Gasteiger partial charge in [0.2, 0.25) is 10.0 Å². The minimum atomic E-state index is -3.52. The van der Waals surface area contributed by atoms with Crippen LogP contribution in [0.2, 0.25) is 0 Å². The summed E-state index contributed by atoms with van der Waals surface area (Å²) in [5.74, 6) is 0. The highest BCUT2D eigenvalue weighted by Crippen LogP contribution is 2.23. The minimum absolute atomic E-state index is 0.146. The van der Waals surface area contributed by atoms with Crippen LogP contribution in [-0.2, 0) is 16.6 Å². The number of thiazole rings is 1. The molecule has 1 aromatic heterocycles. The monoisotopic (exact) mass is 325 g/mol. The van der Waals surface area contributed by atoms with Crippen molar-refractivity contribution in [2.45, 2.75) is 38.3 Å². The molecule has 0 spiro atoms. The molecule has 0 aliphatic carbocycles. The molecule has 2 aromatic rings. The summed E-state index contributed by atoms with van der Waals surface area (Å²) in [6.07, 6.45) is 0. The average Bonchev–Trinajstić information content (AvgIpc) is 2.81. The predicted octanol–water partition coefficient (Wildman–Crippen LogP) is 2.75. The van der Waals surface area contributed by atoms with Crippen molar-refractivity contribution in [1.82, 2.24) is 9.71 Å². The van der Waals surface area contributed by atoms with E-state index in [-0.39, 0.29) is 10.9 Å². The number of benzene rings is 1. The fourth-order valence-corrected chi connectivity index (χ4v) is 4.04. The van der Waals surface area contributed by atoms with Crippen LogP contribution in [0, 0.1) is 6.92 Å². The summed E-state index contributed by atoms with van der Waals surface area (Å²) in [6, 6.07) is 6.76. The number of para-hydroxylation sites is 1. The van der Waals surface area contributed by atoms with Gasteiger partial charge in [-0.3, -0.25) is 0 Å². The topological polar surface area (TPSA) is 71.1 Å². The van der Waals surface area contributed by atoms with Gasteiger partial charge in [0.15, 0.2) is 0 Å². The molecule has 0 fully saturated rings. The highest BCUT2D eigenvalue weighted by atomic mass is 32.2. The number of hydrogen-bond acceptors (Lipinski definition) is 5. The summed E-state index contributed by atoms with van der Waals surface area (Å²) < 4.78 is 27.3. The molecule has 0 bridgehead atoms. The smallest absolute Gasteiger partial charge is 0.242 e. The maximum Gasteiger partial charge on any atom is 0.242 e. The molecule has 1 aromatic carbocycles. The molecule has 0 amide bonds. The van der Waals surface area contributed by atoms with Crippen LogP contribution < -0.4 is 10.0 Å². The second-order valence-corrected chi connectivity index (χ2v) is 7.61. The van der Waals surface area contributed by atoms with Crippen molar-refractivity contribution in [1.29, 1.82) is 0 Å². The summed E-state index contributed by atoms with van der Waals surface area (Å²) in [6.45, 7) is 6.10. The van der Waals surface area contributed by atoms with Crippen molar-refractivity contribution in [3.05, 3.63) is 40.3 Å². The zero-order valence-electron chi connectivity index (χ0n) is 12.3. The number of rotatable bonds is 6. The Bertz CT molecular complexity index is 709. The van der Waals surface area contributed by atoms with Crippen molar-refractivity contribution >= 4 is 27.0 Å². The maximum atomic E-state index is 12.3. The van der Waals surface area contributed by atoms with Crippen LogP contribution in [0.3, 0.4) is 0 Å². The number of anilines is 1. The van der Waals surface area contributed by atoms with E-state index in [0.29, 0.717) is 12.2 Å². The molecular formula is C14H19N3O2S2. The molecule has 1 heterocycles. The third-order valence-corrected chi connectivity index (χ3v) is 5.50. The van der Waals surface area contributed by atoms with Gasteiger partial charge < -0.3 is 5.32 Å². The van der Waals surface area contributed by atoms with E-state index in [4.69, 9.17) is 0 Å². The van der Waals surface area contributed by atoms with Gasteiger partial charge in [-0.2, -0.15) is 0 Å². The average molecular weight is 325 g/mol. The lowest BCUT2D eigenvalue weighted by Crippen LogP contribution is -2.30. The Balaban J connectivity index is 2.23. The number of hydrogen-bond donors (Lipinski definition) is 2. The Hall–Kier alpha value is -1.44. The lowest BCUT2D eigenvalue weighted by molar-refractivity contribution is 0.570. The third kappa shape index (κ3) is 4.03. The zero-order valence-corrected chi connectivity index (χ0v) is 13.9. The Labute approximate surface area is 129 Å². The Morgan fingerprint density at radius 3 is 2.62 bits per heavy atom. The first-order valence-electron chi connectivity index (χ1n) is 6.64. The van der Waals surface area contributed by atoms with Crippen LogP contribution in [0.5, 0.6) is 0 Å². The molecule has 7 heteroatoms. The molecule has 2 rings (SSSR count). The molecule has 5 nitrogen and oxygen atoms in total. The Morgan fingerprint density at radius 2 is 2.00 bits per heavy atom. The summed E-state index contributed by atoms with van der Waals surface area (Å²) >= 11 is 1.55. The van der Waals surface area contributed by atoms with E-state index in [1.807, 2.05) is 13.0 Å². The second-order valence-electron chi connectivity index (χ2n) is 4.99. The first-order valence-corrected chi connectivity index (χ1v) is 9.00. The quantitative estimate of drug-likeness (QED) is 0.857. The van der Waals surface area contributed by atoms with Gasteiger partial charge in [0.1, 0.15) is 4.90 Å². The van der Waals surface area contributed by atoms with Gasteiger partial charge in [0.25, 0.3) is 0 Å². The molecule has 0 aliphatic heterocycles. The van der Waals surface area contributed by atoms with Crippen molar-refractivity contribution in [3.63, 3.8) is 0 Å². The fraction of sp³-hybridized carbons (Fsp3) is 0.357. The van der Waals surface area contributed by atoms with E-state index >= 15 is 0 Å². The summed E-state index contributed by atoms with van der Waals surface area (Å²) in [7, 11) is -3.52. The highest BCUT2D eigenvalue weighted by molar-refractivity contribution is 7.89. The number of nitrogens with one attached hydrogen (secondary N) is 2. The van der Waals surface area contributed by atoms with Gasteiger partial charge in [-0.15, -0.1) is 11.3 Å². The summed E-state index contributed by atoms with van der Waals surface area (Å²) in [5.41, 5.74) is 3.35. The van der Waals surface area contributed by atoms with E-state index < -0.39 is 10.0 Å². The van der Waals surface area contributed by atoms with Gasteiger partial charge in [-0.25, -0.2) is 18.1 Å². The normalized spacial score (nSPS) is 11.8. The van der Waals surface area contributed by atoms with Crippen LogP contribution in [0.15, 0.2) is 34.7 Å². The van der Waals surface area contributed by atoms with E-state index in [9.17, 15) is 8.42 Å². The van der Waals surface area contributed by atoms with Crippen molar-refractivity contribution in [3.8, 4) is 0 Å². The first kappa shape index (κ1) is 15.9. The van der Waals surface area contributed by atoms with Crippen LogP contribution in [0.4, 0.5) is 5.69 Å². The minimum Gasteiger partial charge on any atom is -0.379 e. The number of aromatic nitrogens is 1. The number of sulfonamides is 1. The van der Waals surface area contributed by atoms with E-state index in [1.54, 1.807) is 48.9 Å². The van der Waals surface area contributed by atoms with Gasteiger partial charge >= 0.3 is 0 Å². The van der Waals surface area contributed by atoms with Gasteiger partial charge in [0, 0.05) is 10.9 Å². The standard InChI is InChI=1S/C14H19N3O2S2/c1-10(2)17-21(18,19)14-7-5-4-6-12(14)15-8-13-11(3)16-9-20-13/h4-7,9-10,15,17H,8H2,1-3H3. The van der Waals surface area contributed by atoms with Gasteiger partial charge in [-0.1, -0.05) is 12.1 Å². The van der Waals surface area contributed by atoms with Crippen molar-refractivity contribution < 1.29 is 8.42 Å². The lowest BCUT2D eigenvalue weighted by Gasteiger charge is -2.14. The van der Waals surface area contributed by atoms with Crippen molar-refractivity contribution in [2.75, 3.05) is 5.32 Å². The fourth-order valence-electron chi connectivity index (χ4n) is 1.89. The number of nitrogens with zero attached hydrogens (tertiary/aromatic N) is 1. The van der Waals surface area contributed by atoms with E-state index in [2.05, 4.69) is 15.0 Å². The predicted molar refractivity (Wildman–Crippen MR) is 86.1 cm³/mol. The summed E-state index contributed by atoms with van der Waals surface area (Å²) in [4.78, 5) is 5.55. The summed E-state index contributed by atoms with van der Waals surface area (Å²) in [5, 5.41) is 3.19. The van der Waals surface area contributed by atoms with Gasteiger partial charge in [-0.05, 0) is 32.9 Å². The zero-order chi connectivity index (χ0) is 15.5. The van der Waals surface area contributed by atoms with Crippen molar-refractivity contribution in [2.24, 2.45) is 0 Å². The molecule has 0 radical (unpaired) electrons. The number of aryl methyl sites for hydroxylation is 1. The molecule has 2 N–H and O–H groups in total. The highest BCUT2D eigenvalue weighted by Gasteiger charge is 2.19. The second kappa shape index (κ2) is 6.55. The largest absolute Gasteiger partial charge is 0.379 e. The van der Waals surface area contributed by atoms with Crippen LogP contribution in [-0.4, -0.2) is 19.4 Å². The molecule has 0 aliphatic rings. The third-order valence-electron chi connectivity index (χ3n) is 2.85. The maximum absolute atomic E-state index is 12.3.